The fourth-order valence-electron chi connectivity index (χ4n) is 1.67. The lowest BCUT2D eigenvalue weighted by atomic mass is 10.1. The van der Waals surface area contributed by atoms with Crippen molar-refractivity contribution in [3.63, 3.8) is 0 Å². The lowest BCUT2D eigenvalue weighted by Gasteiger charge is -2.33. The van der Waals surface area contributed by atoms with Gasteiger partial charge < -0.3 is 16.0 Å². The summed E-state index contributed by atoms with van der Waals surface area (Å²) < 4.78 is 0. The highest BCUT2D eigenvalue weighted by Crippen LogP contribution is 2.10. The molecular weight excluding hydrogens is 228 g/mol. The van der Waals surface area contributed by atoms with Crippen LogP contribution in [0.2, 0.25) is 0 Å². The zero-order chi connectivity index (χ0) is 11.5. The number of carbonyl (C=O) groups is 2. The van der Waals surface area contributed by atoms with Gasteiger partial charge in [0.25, 0.3) is 5.91 Å². The first-order valence-electron chi connectivity index (χ1n) is 4.89. The van der Waals surface area contributed by atoms with Crippen molar-refractivity contribution in [1.82, 2.24) is 15.2 Å². The molecule has 1 aromatic heterocycles. The molecule has 1 saturated heterocycles. The fourth-order valence-corrected chi connectivity index (χ4v) is 2.19. The molecule has 0 saturated carbocycles. The van der Waals surface area contributed by atoms with Gasteiger partial charge in [-0.2, -0.15) is 0 Å². The van der Waals surface area contributed by atoms with E-state index in [1.807, 2.05) is 0 Å². The van der Waals surface area contributed by atoms with Gasteiger partial charge in [-0.15, -0.1) is 11.3 Å². The van der Waals surface area contributed by atoms with E-state index in [9.17, 15) is 9.59 Å². The van der Waals surface area contributed by atoms with Crippen LogP contribution in [0.5, 0.6) is 0 Å². The minimum Gasteiger partial charge on any atom is -0.368 e. The molecule has 1 aliphatic heterocycles. The Morgan fingerprint density at radius 1 is 1.62 bits per heavy atom. The number of aromatic nitrogens is 1. The zero-order valence-corrected chi connectivity index (χ0v) is 9.37. The van der Waals surface area contributed by atoms with Crippen LogP contribution in [0, 0.1) is 0 Å². The molecule has 2 amide bonds. The molecule has 1 aliphatic rings. The number of nitrogens with two attached hydrogens (primary N) is 1. The van der Waals surface area contributed by atoms with Crippen molar-refractivity contribution in [2.45, 2.75) is 6.04 Å². The Kier molecular flexibility index (Phi) is 3.16. The largest absolute Gasteiger partial charge is 0.368 e. The SMILES string of the molecule is NC(=O)C1CNCCN1C(=O)c1cscn1. The summed E-state index contributed by atoms with van der Waals surface area (Å²) in [7, 11) is 0. The topological polar surface area (TPSA) is 88.3 Å². The van der Waals surface area contributed by atoms with E-state index in [0.29, 0.717) is 25.3 Å². The number of hydrogen-bond acceptors (Lipinski definition) is 5. The summed E-state index contributed by atoms with van der Waals surface area (Å²) in [6.07, 6.45) is 0. The first-order valence-corrected chi connectivity index (χ1v) is 5.83. The molecule has 0 aromatic carbocycles. The number of rotatable bonds is 2. The summed E-state index contributed by atoms with van der Waals surface area (Å²) in [5, 5.41) is 4.70. The van der Waals surface area contributed by atoms with Gasteiger partial charge in [-0.3, -0.25) is 9.59 Å². The summed E-state index contributed by atoms with van der Waals surface area (Å²) in [6.45, 7) is 1.55. The minimum absolute atomic E-state index is 0.230. The van der Waals surface area contributed by atoms with E-state index in [2.05, 4.69) is 10.3 Å². The highest BCUT2D eigenvalue weighted by Gasteiger charge is 2.31. The van der Waals surface area contributed by atoms with Gasteiger partial charge in [0, 0.05) is 25.0 Å². The monoisotopic (exact) mass is 240 g/mol. The minimum atomic E-state index is -0.581. The van der Waals surface area contributed by atoms with Crippen LogP contribution >= 0.6 is 11.3 Å². The Morgan fingerprint density at radius 3 is 3.06 bits per heavy atom. The highest BCUT2D eigenvalue weighted by molar-refractivity contribution is 7.07. The summed E-state index contributed by atoms with van der Waals surface area (Å²) >= 11 is 1.35. The maximum absolute atomic E-state index is 12.0. The molecule has 86 valence electrons. The van der Waals surface area contributed by atoms with Crippen LogP contribution in [0.25, 0.3) is 0 Å². The second-order valence-electron chi connectivity index (χ2n) is 3.49. The Morgan fingerprint density at radius 2 is 2.44 bits per heavy atom. The lowest BCUT2D eigenvalue weighted by Crippen LogP contribution is -2.58. The van der Waals surface area contributed by atoms with Gasteiger partial charge in [0.05, 0.1) is 5.51 Å². The second-order valence-corrected chi connectivity index (χ2v) is 4.21. The lowest BCUT2D eigenvalue weighted by molar-refractivity contribution is -0.122. The molecule has 7 heteroatoms. The van der Waals surface area contributed by atoms with E-state index >= 15 is 0 Å². The molecule has 0 spiro atoms. The molecule has 0 bridgehead atoms. The van der Waals surface area contributed by atoms with Crippen molar-refractivity contribution < 1.29 is 9.59 Å². The number of thiazole rings is 1. The van der Waals surface area contributed by atoms with Gasteiger partial charge in [0.2, 0.25) is 5.91 Å². The number of nitrogens with zero attached hydrogens (tertiary/aromatic N) is 2. The molecule has 3 N–H and O–H groups in total. The van der Waals surface area contributed by atoms with Gasteiger partial charge in [-0.1, -0.05) is 0 Å². The first-order chi connectivity index (χ1) is 7.70. The number of piperazine rings is 1. The van der Waals surface area contributed by atoms with Crippen LogP contribution in [0.4, 0.5) is 0 Å². The predicted octanol–water partition coefficient (Wildman–Crippen LogP) is -0.958. The number of amides is 2. The van der Waals surface area contributed by atoms with E-state index in [1.54, 1.807) is 10.9 Å². The van der Waals surface area contributed by atoms with E-state index < -0.39 is 11.9 Å². The number of nitrogens with one attached hydrogen (secondary N) is 1. The van der Waals surface area contributed by atoms with Crippen LogP contribution in [-0.4, -0.2) is 47.4 Å². The van der Waals surface area contributed by atoms with Gasteiger partial charge in [-0.25, -0.2) is 4.98 Å². The molecule has 2 rings (SSSR count). The van der Waals surface area contributed by atoms with Gasteiger partial charge >= 0.3 is 0 Å². The molecule has 1 atom stereocenters. The predicted molar refractivity (Wildman–Crippen MR) is 59.0 cm³/mol. The quantitative estimate of drug-likeness (QED) is 0.697. The van der Waals surface area contributed by atoms with Crippen LogP contribution in [-0.2, 0) is 4.79 Å². The smallest absolute Gasteiger partial charge is 0.274 e. The van der Waals surface area contributed by atoms with Crippen molar-refractivity contribution in [3.8, 4) is 0 Å². The summed E-state index contributed by atoms with van der Waals surface area (Å²) in [6, 6.07) is -0.581. The number of carbonyl (C=O) groups excluding carboxylic acids is 2. The van der Waals surface area contributed by atoms with Crippen molar-refractivity contribution in [2.24, 2.45) is 5.73 Å². The standard InChI is InChI=1S/C9H12N4O2S/c10-8(14)7-3-11-1-2-13(7)9(15)6-4-16-5-12-6/h4-5,7,11H,1-3H2,(H2,10,14). The van der Waals surface area contributed by atoms with Gasteiger partial charge in [-0.05, 0) is 0 Å². The van der Waals surface area contributed by atoms with Crippen LogP contribution in [0.3, 0.4) is 0 Å². The Hall–Kier alpha value is -1.47. The highest BCUT2D eigenvalue weighted by atomic mass is 32.1. The van der Waals surface area contributed by atoms with Crippen molar-refractivity contribution >= 4 is 23.2 Å². The number of hydrogen-bond donors (Lipinski definition) is 2. The van der Waals surface area contributed by atoms with Crippen molar-refractivity contribution in [1.29, 1.82) is 0 Å². The third-order valence-electron chi connectivity index (χ3n) is 2.48. The molecule has 6 nitrogen and oxygen atoms in total. The molecule has 2 heterocycles. The third kappa shape index (κ3) is 2.05. The summed E-state index contributed by atoms with van der Waals surface area (Å²) in [5.74, 6) is -0.720. The van der Waals surface area contributed by atoms with Gasteiger partial charge in [0.1, 0.15) is 11.7 Å². The number of primary amides is 1. The van der Waals surface area contributed by atoms with Gasteiger partial charge in [0.15, 0.2) is 0 Å². The van der Waals surface area contributed by atoms with E-state index in [4.69, 9.17) is 5.73 Å². The first kappa shape index (κ1) is 11.0. The van der Waals surface area contributed by atoms with Crippen molar-refractivity contribution in [3.05, 3.63) is 16.6 Å². The van der Waals surface area contributed by atoms with Crippen LogP contribution in [0.15, 0.2) is 10.9 Å². The molecule has 16 heavy (non-hydrogen) atoms. The van der Waals surface area contributed by atoms with Crippen LogP contribution in [0.1, 0.15) is 10.5 Å². The maximum atomic E-state index is 12.0. The zero-order valence-electron chi connectivity index (χ0n) is 8.55. The Balaban J connectivity index is 2.17. The van der Waals surface area contributed by atoms with E-state index in [0.717, 1.165) is 0 Å². The maximum Gasteiger partial charge on any atom is 0.274 e. The second kappa shape index (κ2) is 4.58. The average Bonchev–Trinajstić information content (AvgIpc) is 2.81. The molecule has 1 aromatic rings. The van der Waals surface area contributed by atoms with Crippen LogP contribution < -0.4 is 11.1 Å². The van der Waals surface area contributed by atoms with E-state index in [-0.39, 0.29) is 5.91 Å². The Labute approximate surface area is 96.4 Å². The molecular formula is C9H12N4O2S. The summed E-state index contributed by atoms with van der Waals surface area (Å²) in [5.41, 5.74) is 7.22. The molecule has 1 unspecified atom stereocenters. The normalized spacial score (nSPS) is 20.8. The molecule has 0 radical (unpaired) electrons. The third-order valence-corrected chi connectivity index (χ3v) is 3.07. The molecule has 0 aliphatic carbocycles. The summed E-state index contributed by atoms with van der Waals surface area (Å²) in [4.78, 5) is 28.6. The van der Waals surface area contributed by atoms with Crippen molar-refractivity contribution in [2.75, 3.05) is 19.6 Å². The fraction of sp³-hybridized carbons (Fsp3) is 0.444. The van der Waals surface area contributed by atoms with E-state index in [1.165, 1.54) is 16.2 Å². The molecule has 1 fully saturated rings. The Bertz CT molecular complexity index is 392. The average molecular weight is 240 g/mol.